The normalized spacial score (nSPS) is 24.2. The highest BCUT2D eigenvalue weighted by Gasteiger charge is 2.39. The number of benzene rings is 1. The molecule has 1 N–H and O–H groups in total. The molecule has 0 spiro atoms. The number of carbonyl (C=O) groups is 1. The van der Waals surface area contributed by atoms with Crippen LogP contribution >= 0.6 is 24.0 Å². The number of fused-ring (bicyclic) bond motifs is 3. The Bertz CT molecular complexity index is 932. The van der Waals surface area contributed by atoms with E-state index in [1.807, 2.05) is 6.92 Å². The summed E-state index contributed by atoms with van der Waals surface area (Å²) in [6.07, 6.45) is 5.06. The lowest BCUT2D eigenvalue weighted by molar-refractivity contribution is 0.0874. The van der Waals surface area contributed by atoms with E-state index in [0.29, 0.717) is 34.6 Å². The van der Waals surface area contributed by atoms with Gasteiger partial charge in [-0.1, -0.05) is 24.6 Å². The number of aromatic nitrogens is 2. The Balaban J connectivity index is 0.00000225. The van der Waals surface area contributed by atoms with Gasteiger partial charge in [0.25, 0.3) is 5.91 Å². The number of nitrogens with one attached hydrogen (secondary N) is 1. The highest BCUT2D eigenvalue weighted by atomic mass is 35.5. The molecule has 2 aromatic rings. The molecule has 2 saturated heterocycles. The Morgan fingerprint density at radius 1 is 1.29 bits per heavy atom. The van der Waals surface area contributed by atoms with Gasteiger partial charge in [0.1, 0.15) is 0 Å². The maximum absolute atomic E-state index is 12.9. The largest absolute Gasteiger partial charge is 0.348 e. The first kappa shape index (κ1) is 21.1. The number of rotatable bonds is 4. The van der Waals surface area contributed by atoms with Gasteiger partial charge in [0, 0.05) is 24.7 Å². The minimum atomic E-state index is -0.374. The van der Waals surface area contributed by atoms with E-state index in [4.69, 9.17) is 11.6 Å². The van der Waals surface area contributed by atoms with Crippen molar-refractivity contribution in [3.05, 3.63) is 39.1 Å². The van der Waals surface area contributed by atoms with Crippen molar-refractivity contribution in [3.63, 3.8) is 0 Å². The third-order valence-corrected chi connectivity index (χ3v) is 6.31. The molecule has 2 unspecified atom stereocenters. The molecule has 1 aromatic carbocycles. The molecule has 4 rings (SSSR count). The first-order chi connectivity index (χ1) is 13.0. The third kappa shape index (κ3) is 3.65. The highest BCUT2D eigenvalue weighted by molar-refractivity contribution is 6.35. The molecule has 0 saturated carbocycles. The minimum absolute atomic E-state index is 0. The van der Waals surface area contributed by atoms with Gasteiger partial charge in [-0.3, -0.25) is 14.3 Å². The maximum atomic E-state index is 12.9. The predicted octanol–water partition coefficient (Wildman–Crippen LogP) is 3.24. The molecule has 3 heterocycles. The van der Waals surface area contributed by atoms with E-state index in [1.165, 1.54) is 12.8 Å². The van der Waals surface area contributed by atoms with E-state index in [1.54, 1.807) is 22.9 Å². The summed E-state index contributed by atoms with van der Waals surface area (Å²) in [5, 5.41) is 8.37. The Hall–Kier alpha value is -1.63. The lowest BCUT2D eigenvalue weighted by Gasteiger charge is -2.36. The number of carbonyl (C=O) groups excluding carboxylic acids is 1. The van der Waals surface area contributed by atoms with Crippen LogP contribution < -0.4 is 10.7 Å². The smallest absolute Gasteiger partial charge is 0.276 e. The molecule has 8 heteroatoms. The van der Waals surface area contributed by atoms with Crippen molar-refractivity contribution in [1.29, 1.82) is 0 Å². The average molecular weight is 425 g/mol. The molecule has 2 bridgehead atoms. The van der Waals surface area contributed by atoms with Crippen LogP contribution in [0.25, 0.3) is 10.9 Å². The summed E-state index contributed by atoms with van der Waals surface area (Å²) in [5.41, 5.74) is 0.206. The molecule has 2 aliphatic heterocycles. The zero-order chi connectivity index (χ0) is 19.1. The van der Waals surface area contributed by atoms with Gasteiger partial charge >= 0.3 is 0 Å². The molecule has 1 amide bonds. The standard InChI is InChI=1S/C20H25ClN4O2.ClH/c1-3-9-25-18-15(5-4-6-16(18)21)19(26)17(23-25)20(27)22-12-10-13-7-8-14(11-12)24(13)2;/h4-6,12-14H,3,7-11H2,1-2H3,(H,22,27);1H. The minimum Gasteiger partial charge on any atom is -0.348 e. The number of aryl methyl sites for hydroxylation is 1. The number of para-hydroxylation sites is 1. The van der Waals surface area contributed by atoms with Gasteiger partial charge in [0.05, 0.1) is 15.9 Å². The number of nitrogens with zero attached hydrogens (tertiary/aromatic N) is 3. The molecular formula is C20H26Cl2N4O2. The summed E-state index contributed by atoms with van der Waals surface area (Å²) >= 11 is 6.31. The summed E-state index contributed by atoms with van der Waals surface area (Å²) in [7, 11) is 2.17. The number of piperidine rings is 1. The number of hydrogen-bond acceptors (Lipinski definition) is 4. The van der Waals surface area contributed by atoms with Gasteiger partial charge in [0.2, 0.25) is 5.43 Å². The quantitative estimate of drug-likeness (QED) is 0.817. The zero-order valence-corrected chi connectivity index (χ0v) is 17.7. The molecule has 2 fully saturated rings. The van der Waals surface area contributed by atoms with Gasteiger partial charge < -0.3 is 10.2 Å². The topological polar surface area (TPSA) is 67.2 Å². The number of amides is 1. The second-order valence-corrected chi connectivity index (χ2v) is 8.14. The van der Waals surface area contributed by atoms with Crippen LogP contribution in [0.1, 0.15) is 49.5 Å². The molecule has 6 nitrogen and oxygen atoms in total. The van der Waals surface area contributed by atoms with Crippen molar-refractivity contribution in [2.24, 2.45) is 0 Å². The predicted molar refractivity (Wildman–Crippen MR) is 114 cm³/mol. The second kappa shape index (κ2) is 8.39. The van der Waals surface area contributed by atoms with Crippen molar-refractivity contribution >= 4 is 40.8 Å². The van der Waals surface area contributed by atoms with Crippen molar-refractivity contribution in [3.8, 4) is 0 Å². The molecule has 0 radical (unpaired) electrons. The Labute approximate surface area is 175 Å². The van der Waals surface area contributed by atoms with Crippen LogP contribution in [0, 0.1) is 0 Å². The van der Waals surface area contributed by atoms with Crippen LogP contribution in [-0.4, -0.2) is 45.8 Å². The van der Waals surface area contributed by atoms with Gasteiger partial charge in [0.15, 0.2) is 5.69 Å². The fraction of sp³-hybridized carbons (Fsp3) is 0.550. The number of halogens is 2. The van der Waals surface area contributed by atoms with Crippen LogP contribution in [0.2, 0.25) is 5.02 Å². The molecule has 0 aliphatic carbocycles. The van der Waals surface area contributed by atoms with Crippen molar-refractivity contribution in [1.82, 2.24) is 20.0 Å². The lowest BCUT2D eigenvalue weighted by Crippen LogP contribution is -2.49. The molecular weight excluding hydrogens is 399 g/mol. The first-order valence-corrected chi connectivity index (χ1v) is 10.1. The van der Waals surface area contributed by atoms with E-state index in [2.05, 4.69) is 22.4 Å². The fourth-order valence-corrected chi connectivity index (χ4v) is 4.88. The van der Waals surface area contributed by atoms with Crippen LogP contribution in [0.15, 0.2) is 23.0 Å². The second-order valence-electron chi connectivity index (χ2n) is 7.73. The van der Waals surface area contributed by atoms with Gasteiger partial charge in [-0.05, 0) is 51.3 Å². The van der Waals surface area contributed by atoms with Crippen LogP contribution in [0.4, 0.5) is 0 Å². The van der Waals surface area contributed by atoms with Crippen LogP contribution in [0.3, 0.4) is 0 Å². The summed E-state index contributed by atoms with van der Waals surface area (Å²) < 4.78 is 1.69. The zero-order valence-electron chi connectivity index (χ0n) is 16.2. The summed E-state index contributed by atoms with van der Waals surface area (Å²) in [6, 6.07) is 6.33. The Kier molecular flexibility index (Phi) is 6.32. The monoisotopic (exact) mass is 424 g/mol. The van der Waals surface area contributed by atoms with Crippen LogP contribution in [0.5, 0.6) is 0 Å². The van der Waals surface area contributed by atoms with Crippen molar-refractivity contribution in [2.45, 2.75) is 63.7 Å². The average Bonchev–Trinajstić information content (AvgIpc) is 2.85. The Morgan fingerprint density at radius 3 is 2.61 bits per heavy atom. The van der Waals surface area contributed by atoms with E-state index in [0.717, 1.165) is 19.3 Å². The lowest BCUT2D eigenvalue weighted by atomic mass is 9.98. The summed E-state index contributed by atoms with van der Waals surface area (Å²) in [6.45, 7) is 2.62. The third-order valence-electron chi connectivity index (χ3n) is 6.01. The van der Waals surface area contributed by atoms with E-state index >= 15 is 0 Å². The molecule has 152 valence electrons. The van der Waals surface area contributed by atoms with Gasteiger partial charge in [-0.15, -0.1) is 12.4 Å². The van der Waals surface area contributed by atoms with E-state index in [-0.39, 0.29) is 35.5 Å². The molecule has 1 aromatic heterocycles. The SMILES string of the molecule is CCCn1nc(C(=O)NC2CC3CCC(C2)N3C)c(=O)c2cccc(Cl)c21.Cl. The number of hydrogen-bond donors (Lipinski definition) is 1. The summed E-state index contributed by atoms with van der Waals surface area (Å²) in [5.74, 6) is -0.374. The Morgan fingerprint density at radius 2 is 1.96 bits per heavy atom. The molecule has 28 heavy (non-hydrogen) atoms. The highest BCUT2D eigenvalue weighted by Crippen LogP contribution is 2.34. The molecule has 2 aliphatic rings. The fourth-order valence-electron chi connectivity index (χ4n) is 4.61. The van der Waals surface area contributed by atoms with E-state index in [9.17, 15) is 9.59 Å². The summed E-state index contributed by atoms with van der Waals surface area (Å²) in [4.78, 5) is 28.2. The maximum Gasteiger partial charge on any atom is 0.276 e. The van der Waals surface area contributed by atoms with Crippen molar-refractivity contribution in [2.75, 3.05) is 7.05 Å². The van der Waals surface area contributed by atoms with E-state index < -0.39 is 0 Å². The molecule has 2 atom stereocenters. The van der Waals surface area contributed by atoms with Crippen molar-refractivity contribution < 1.29 is 4.79 Å². The first-order valence-electron chi connectivity index (χ1n) is 9.71. The van der Waals surface area contributed by atoms with Gasteiger partial charge in [-0.25, -0.2) is 0 Å². The van der Waals surface area contributed by atoms with Gasteiger partial charge in [-0.2, -0.15) is 5.10 Å². The van der Waals surface area contributed by atoms with Crippen LogP contribution in [-0.2, 0) is 6.54 Å².